The van der Waals surface area contributed by atoms with Crippen molar-refractivity contribution in [3.05, 3.63) is 28.5 Å². The smallest absolute Gasteiger partial charge is 0.379 e. The lowest BCUT2D eigenvalue weighted by Gasteiger charge is -2.12. The molecule has 0 aliphatic heterocycles. The number of carbonyl (C=O) groups is 2. The fourth-order valence-electron chi connectivity index (χ4n) is 1.35. The third-order valence-corrected chi connectivity index (χ3v) is 2.40. The van der Waals surface area contributed by atoms with E-state index in [1.165, 1.54) is 0 Å². The summed E-state index contributed by atoms with van der Waals surface area (Å²) < 4.78 is 23.3. The Kier molecular flexibility index (Phi) is 5.30. The highest BCUT2D eigenvalue weighted by atomic mass is 35.5. The van der Waals surface area contributed by atoms with E-state index in [4.69, 9.17) is 16.3 Å². The van der Waals surface area contributed by atoms with E-state index in [0.717, 1.165) is 12.1 Å². The molecule has 0 heterocycles. The zero-order valence-electron chi connectivity index (χ0n) is 10.8. The zero-order valence-corrected chi connectivity index (χ0v) is 11.6. The van der Waals surface area contributed by atoms with Crippen LogP contribution in [0.5, 0.6) is 5.75 Å². The van der Waals surface area contributed by atoms with Crippen molar-refractivity contribution in [3.8, 4) is 5.75 Å². The summed E-state index contributed by atoms with van der Waals surface area (Å²) in [4.78, 5) is 23.1. The first-order valence-electron chi connectivity index (χ1n) is 5.74. The molecule has 104 valence electrons. The molecule has 6 heteroatoms. The number of hydrogen-bond acceptors (Lipinski definition) is 4. The lowest BCUT2D eigenvalue weighted by molar-refractivity contribution is -0.137. The molecule has 0 spiro atoms. The maximum absolute atomic E-state index is 13.6. The van der Waals surface area contributed by atoms with Crippen LogP contribution in [0.2, 0.25) is 5.02 Å². The van der Waals surface area contributed by atoms with Crippen LogP contribution in [0.3, 0.4) is 0 Å². The molecule has 0 bridgehead atoms. The molecule has 0 amide bonds. The average molecular weight is 289 g/mol. The maximum atomic E-state index is 13.6. The molecular weight excluding hydrogens is 275 g/mol. The molecule has 0 aliphatic rings. The van der Waals surface area contributed by atoms with Gasteiger partial charge >= 0.3 is 5.97 Å². The number of esters is 1. The SMILES string of the molecule is CCOC(=O)C(=O)c1cc(OC(C)C)c(F)cc1Cl. The molecule has 0 aliphatic carbocycles. The Hall–Kier alpha value is -1.62. The predicted molar refractivity (Wildman–Crippen MR) is 68.1 cm³/mol. The number of ether oxygens (including phenoxy) is 2. The summed E-state index contributed by atoms with van der Waals surface area (Å²) in [5, 5.41) is -0.161. The topological polar surface area (TPSA) is 52.6 Å². The molecule has 1 rings (SSSR count). The van der Waals surface area contributed by atoms with Crippen molar-refractivity contribution in [2.24, 2.45) is 0 Å². The Balaban J connectivity index is 3.13. The lowest BCUT2D eigenvalue weighted by Crippen LogP contribution is -2.18. The number of benzene rings is 1. The quantitative estimate of drug-likeness (QED) is 0.475. The Bertz CT molecular complexity index is 500. The summed E-state index contributed by atoms with van der Waals surface area (Å²) in [5.41, 5.74) is -0.142. The Morgan fingerprint density at radius 3 is 2.53 bits per heavy atom. The second-order valence-corrected chi connectivity index (χ2v) is 4.39. The van der Waals surface area contributed by atoms with Crippen LogP contribution in [0.15, 0.2) is 12.1 Å². The van der Waals surface area contributed by atoms with Crippen molar-refractivity contribution in [2.45, 2.75) is 26.9 Å². The fraction of sp³-hybridized carbons (Fsp3) is 0.385. The molecule has 1 aromatic rings. The first-order valence-corrected chi connectivity index (χ1v) is 6.11. The van der Waals surface area contributed by atoms with Crippen molar-refractivity contribution < 1.29 is 23.5 Å². The van der Waals surface area contributed by atoms with Crippen LogP contribution in [-0.4, -0.2) is 24.5 Å². The number of halogens is 2. The first kappa shape index (κ1) is 15.4. The summed E-state index contributed by atoms with van der Waals surface area (Å²) in [5.74, 6) is -2.79. The normalized spacial score (nSPS) is 10.4. The van der Waals surface area contributed by atoms with Crippen LogP contribution in [-0.2, 0) is 9.53 Å². The van der Waals surface area contributed by atoms with Gasteiger partial charge in [-0.15, -0.1) is 0 Å². The van der Waals surface area contributed by atoms with E-state index in [1.807, 2.05) is 0 Å². The van der Waals surface area contributed by atoms with E-state index < -0.39 is 17.6 Å². The van der Waals surface area contributed by atoms with Gasteiger partial charge in [-0.25, -0.2) is 9.18 Å². The van der Waals surface area contributed by atoms with Gasteiger partial charge in [0.05, 0.1) is 23.3 Å². The van der Waals surface area contributed by atoms with Gasteiger partial charge < -0.3 is 9.47 Å². The van der Waals surface area contributed by atoms with Crippen LogP contribution >= 0.6 is 11.6 Å². The third-order valence-electron chi connectivity index (χ3n) is 2.09. The van der Waals surface area contributed by atoms with Gasteiger partial charge in [-0.2, -0.15) is 0 Å². The minimum atomic E-state index is -1.04. The molecule has 0 unspecified atom stereocenters. The predicted octanol–water partition coefficient (Wildman–Crippen LogP) is 3.01. The molecule has 4 nitrogen and oxygen atoms in total. The largest absolute Gasteiger partial charge is 0.488 e. The first-order chi connectivity index (χ1) is 8.86. The van der Waals surface area contributed by atoms with Crippen molar-refractivity contribution in [2.75, 3.05) is 6.61 Å². The molecule has 0 atom stereocenters. The number of carbonyl (C=O) groups excluding carboxylic acids is 2. The average Bonchev–Trinajstić information content (AvgIpc) is 2.31. The van der Waals surface area contributed by atoms with Gasteiger partial charge in [-0.3, -0.25) is 4.79 Å². The number of hydrogen-bond donors (Lipinski definition) is 0. The van der Waals surface area contributed by atoms with E-state index in [9.17, 15) is 14.0 Å². The van der Waals surface area contributed by atoms with Crippen molar-refractivity contribution in [1.82, 2.24) is 0 Å². The van der Waals surface area contributed by atoms with Crippen LogP contribution < -0.4 is 4.74 Å². The monoisotopic (exact) mass is 288 g/mol. The Morgan fingerprint density at radius 1 is 1.37 bits per heavy atom. The zero-order chi connectivity index (χ0) is 14.6. The van der Waals surface area contributed by atoms with Crippen LogP contribution in [0, 0.1) is 5.82 Å². The highest BCUT2D eigenvalue weighted by Crippen LogP contribution is 2.27. The van der Waals surface area contributed by atoms with E-state index in [1.54, 1.807) is 20.8 Å². The fourth-order valence-corrected chi connectivity index (χ4v) is 1.59. The second-order valence-electron chi connectivity index (χ2n) is 3.98. The highest BCUT2D eigenvalue weighted by molar-refractivity contribution is 6.45. The maximum Gasteiger partial charge on any atom is 0.379 e. The van der Waals surface area contributed by atoms with Crippen molar-refractivity contribution >= 4 is 23.4 Å². The van der Waals surface area contributed by atoms with Gasteiger partial charge in [0.2, 0.25) is 0 Å². The van der Waals surface area contributed by atoms with E-state index >= 15 is 0 Å². The van der Waals surface area contributed by atoms with Crippen molar-refractivity contribution in [1.29, 1.82) is 0 Å². The van der Waals surface area contributed by atoms with Gasteiger partial charge in [-0.1, -0.05) is 11.6 Å². The van der Waals surface area contributed by atoms with Crippen molar-refractivity contribution in [3.63, 3.8) is 0 Å². The summed E-state index contributed by atoms with van der Waals surface area (Å²) in [6.07, 6.45) is -0.277. The third kappa shape index (κ3) is 3.92. The number of Topliss-reactive ketones (excluding diaryl/α,β-unsaturated/α-hetero) is 1. The van der Waals surface area contributed by atoms with Gasteiger partial charge in [0.1, 0.15) is 0 Å². The summed E-state index contributed by atoms with van der Waals surface area (Å²) >= 11 is 5.75. The summed E-state index contributed by atoms with van der Waals surface area (Å²) in [7, 11) is 0. The van der Waals surface area contributed by atoms with E-state index in [-0.39, 0.29) is 29.0 Å². The molecule has 0 aromatic heterocycles. The Morgan fingerprint density at radius 2 is 2.00 bits per heavy atom. The lowest BCUT2D eigenvalue weighted by atomic mass is 10.1. The van der Waals surface area contributed by atoms with Crippen LogP contribution in [0.4, 0.5) is 4.39 Å². The van der Waals surface area contributed by atoms with Gasteiger partial charge in [0.25, 0.3) is 5.78 Å². The van der Waals surface area contributed by atoms with Gasteiger partial charge in [0.15, 0.2) is 11.6 Å². The van der Waals surface area contributed by atoms with Crippen LogP contribution in [0.25, 0.3) is 0 Å². The second kappa shape index (κ2) is 6.52. The van der Waals surface area contributed by atoms with Gasteiger partial charge in [-0.05, 0) is 32.9 Å². The van der Waals surface area contributed by atoms with E-state index in [0.29, 0.717) is 0 Å². The molecule has 0 N–H and O–H groups in total. The Labute approximate surface area is 115 Å². The molecule has 19 heavy (non-hydrogen) atoms. The molecule has 0 saturated heterocycles. The number of rotatable bonds is 5. The van der Waals surface area contributed by atoms with Gasteiger partial charge in [0, 0.05) is 0 Å². The summed E-state index contributed by atoms with van der Waals surface area (Å²) in [6.45, 7) is 5.06. The molecule has 0 saturated carbocycles. The standard InChI is InChI=1S/C13H14ClFO4/c1-4-18-13(17)12(16)8-5-11(19-7(2)3)10(15)6-9(8)14/h5-7H,4H2,1-3H3. The molecule has 1 aromatic carbocycles. The number of ketones is 1. The summed E-state index contributed by atoms with van der Waals surface area (Å²) in [6, 6.07) is 2.04. The molecular formula is C13H14ClFO4. The highest BCUT2D eigenvalue weighted by Gasteiger charge is 2.23. The van der Waals surface area contributed by atoms with Crippen LogP contribution in [0.1, 0.15) is 31.1 Å². The molecule has 0 radical (unpaired) electrons. The minimum absolute atomic E-state index is 0.0682. The minimum Gasteiger partial charge on any atom is -0.488 e. The van der Waals surface area contributed by atoms with E-state index in [2.05, 4.69) is 4.74 Å². The molecule has 0 fully saturated rings.